The van der Waals surface area contributed by atoms with Gasteiger partial charge in [-0.2, -0.15) is 5.26 Å². The van der Waals surface area contributed by atoms with Gasteiger partial charge in [-0.3, -0.25) is 5.32 Å². The van der Waals surface area contributed by atoms with E-state index in [2.05, 4.69) is 10.3 Å². The van der Waals surface area contributed by atoms with Gasteiger partial charge in [0.1, 0.15) is 17.5 Å². The molecular weight excluding hydrogens is 368 g/mol. The lowest BCUT2D eigenvalue weighted by Gasteiger charge is -2.19. The van der Waals surface area contributed by atoms with Gasteiger partial charge in [-0.05, 0) is 43.4 Å². The van der Waals surface area contributed by atoms with Crippen LogP contribution >= 0.6 is 34.2 Å². The topological polar surface area (TPSA) is 75.0 Å². The monoisotopic (exact) mass is 379 g/mol. The number of rotatable bonds is 1. The first-order valence-electron chi connectivity index (χ1n) is 4.98. The molecule has 1 aromatic heterocycles. The number of carbonyl (C=O) groups is 1. The van der Waals surface area contributed by atoms with Crippen molar-refractivity contribution in [3.63, 3.8) is 0 Å². The molecule has 0 aliphatic rings. The van der Waals surface area contributed by atoms with Gasteiger partial charge in [0, 0.05) is 6.20 Å². The van der Waals surface area contributed by atoms with E-state index in [1.54, 1.807) is 20.8 Å². The van der Waals surface area contributed by atoms with E-state index in [9.17, 15) is 4.79 Å². The largest absolute Gasteiger partial charge is 0.444 e. The molecule has 0 fully saturated rings. The number of ether oxygens (including phenoxy) is 1. The molecule has 1 amide bonds. The van der Waals surface area contributed by atoms with Gasteiger partial charge >= 0.3 is 6.09 Å². The average Bonchev–Trinajstić information content (AvgIpc) is 2.22. The Morgan fingerprint density at radius 2 is 2.22 bits per heavy atom. The third kappa shape index (κ3) is 3.99. The Kier molecular flexibility index (Phi) is 4.76. The van der Waals surface area contributed by atoms with Crippen molar-refractivity contribution in [1.82, 2.24) is 4.98 Å². The number of hydrogen-bond donors (Lipinski definition) is 1. The summed E-state index contributed by atoms with van der Waals surface area (Å²) in [5.41, 5.74) is -0.331. The lowest BCUT2D eigenvalue weighted by molar-refractivity contribution is 0.0635. The molecule has 0 aliphatic heterocycles. The van der Waals surface area contributed by atoms with E-state index in [-0.39, 0.29) is 16.4 Å². The second kappa shape index (κ2) is 5.71. The molecule has 0 radical (unpaired) electrons. The first-order valence-corrected chi connectivity index (χ1v) is 6.44. The number of aromatic nitrogens is 1. The molecule has 0 aliphatic carbocycles. The number of hydrogen-bond acceptors (Lipinski definition) is 4. The number of nitriles is 1. The van der Waals surface area contributed by atoms with Gasteiger partial charge in [0.15, 0.2) is 0 Å². The molecule has 1 rings (SSSR count). The van der Waals surface area contributed by atoms with Gasteiger partial charge < -0.3 is 4.74 Å². The molecule has 0 atom stereocenters. The number of carbonyl (C=O) groups excluding carboxylic acids is 1. The predicted octanol–water partition coefficient (Wildman–Crippen LogP) is 3.56. The van der Waals surface area contributed by atoms with E-state index < -0.39 is 11.7 Å². The molecule has 1 N–H and O–H groups in total. The zero-order chi connectivity index (χ0) is 13.9. The van der Waals surface area contributed by atoms with Crippen molar-refractivity contribution >= 4 is 46.1 Å². The average molecular weight is 380 g/mol. The van der Waals surface area contributed by atoms with Crippen LogP contribution in [0.3, 0.4) is 0 Å². The van der Waals surface area contributed by atoms with Crippen LogP contribution in [0.15, 0.2) is 6.20 Å². The maximum absolute atomic E-state index is 11.6. The number of amides is 1. The van der Waals surface area contributed by atoms with Crippen molar-refractivity contribution in [2.75, 3.05) is 5.32 Å². The van der Waals surface area contributed by atoms with Crippen molar-refractivity contribution in [2.45, 2.75) is 26.4 Å². The van der Waals surface area contributed by atoms with Crippen molar-refractivity contribution in [3.8, 4) is 6.07 Å². The molecule has 96 valence electrons. The number of nitrogens with one attached hydrogen (secondary N) is 1. The van der Waals surface area contributed by atoms with Crippen LogP contribution < -0.4 is 5.32 Å². The molecule has 18 heavy (non-hydrogen) atoms. The van der Waals surface area contributed by atoms with Crippen LogP contribution in [0.5, 0.6) is 0 Å². The lowest BCUT2D eigenvalue weighted by atomic mass is 10.2. The molecule has 1 heterocycles. The molecule has 0 spiro atoms. The van der Waals surface area contributed by atoms with Crippen LogP contribution in [0.25, 0.3) is 0 Å². The van der Waals surface area contributed by atoms with E-state index >= 15 is 0 Å². The van der Waals surface area contributed by atoms with Gasteiger partial charge in [-0.15, -0.1) is 0 Å². The maximum Gasteiger partial charge on any atom is 0.413 e. The molecule has 0 aromatic carbocycles. The summed E-state index contributed by atoms with van der Waals surface area (Å²) in [5, 5.41) is 11.5. The predicted molar refractivity (Wildman–Crippen MR) is 76.5 cm³/mol. The summed E-state index contributed by atoms with van der Waals surface area (Å²) >= 11 is 7.86. The van der Waals surface area contributed by atoms with Crippen LogP contribution in [0, 0.1) is 14.9 Å². The first kappa shape index (κ1) is 15.0. The highest BCUT2D eigenvalue weighted by Crippen LogP contribution is 2.27. The highest BCUT2D eigenvalue weighted by Gasteiger charge is 2.18. The molecular formula is C11H11ClIN3O2. The second-order valence-corrected chi connectivity index (χ2v) is 5.84. The number of pyridine rings is 1. The van der Waals surface area contributed by atoms with Gasteiger partial charge in [-0.25, -0.2) is 9.78 Å². The van der Waals surface area contributed by atoms with Crippen LogP contribution in [0.1, 0.15) is 26.3 Å². The summed E-state index contributed by atoms with van der Waals surface area (Å²) in [5.74, 6) is 0.272. The van der Waals surface area contributed by atoms with Crippen LogP contribution in [0.2, 0.25) is 5.02 Å². The van der Waals surface area contributed by atoms with E-state index in [1.165, 1.54) is 6.20 Å². The van der Waals surface area contributed by atoms with Gasteiger partial charge in [0.05, 0.1) is 14.2 Å². The minimum Gasteiger partial charge on any atom is -0.444 e. The standard InChI is InChI=1S/C11H11ClIN3O2/c1-11(2,3)18-10(17)16-9-8(13)7(12)6(4-14)5-15-9/h5H,1-3H3,(H,15,16,17). The third-order valence-electron chi connectivity index (χ3n) is 1.70. The van der Waals surface area contributed by atoms with Crippen molar-refractivity contribution in [3.05, 3.63) is 20.4 Å². The van der Waals surface area contributed by atoms with Gasteiger partial charge in [0.2, 0.25) is 0 Å². The van der Waals surface area contributed by atoms with Crippen LogP contribution in [-0.2, 0) is 4.74 Å². The first-order chi connectivity index (χ1) is 8.24. The fourth-order valence-corrected chi connectivity index (χ4v) is 1.78. The summed E-state index contributed by atoms with van der Waals surface area (Å²) < 4.78 is 5.59. The summed E-state index contributed by atoms with van der Waals surface area (Å²) in [6.07, 6.45) is 0.686. The maximum atomic E-state index is 11.6. The zero-order valence-corrected chi connectivity index (χ0v) is 13.0. The molecule has 0 unspecified atom stereocenters. The summed E-state index contributed by atoms with van der Waals surface area (Å²) in [4.78, 5) is 15.5. The minimum absolute atomic E-state index is 0.260. The summed E-state index contributed by atoms with van der Waals surface area (Å²) in [6, 6.07) is 1.91. The van der Waals surface area contributed by atoms with Crippen molar-refractivity contribution < 1.29 is 9.53 Å². The van der Waals surface area contributed by atoms with Crippen LogP contribution in [-0.4, -0.2) is 16.7 Å². The normalized spacial score (nSPS) is 10.7. The second-order valence-electron chi connectivity index (χ2n) is 4.39. The fourth-order valence-electron chi connectivity index (χ4n) is 1.03. The Hall–Kier alpha value is -1.07. The Morgan fingerprint density at radius 3 is 2.72 bits per heavy atom. The van der Waals surface area contributed by atoms with E-state index in [4.69, 9.17) is 21.6 Å². The van der Waals surface area contributed by atoms with Crippen molar-refractivity contribution in [2.24, 2.45) is 0 Å². The van der Waals surface area contributed by atoms with Gasteiger partial charge in [-0.1, -0.05) is 11.6 Å². The number of anilines is 1. The van der Waals surface area contributed by atoms with Crippen LogP contribution in [0.4, 0.5) is 10.6 Å². The highest BCUT2D eigenvalue weighted by molar-refractivity contribution is 14.1. The molecule has 7 heteroatoms. The van der Waals surface area contributed by atoms with E-state index in [0.717, 1.165) is 0 Å². The number of halogens is 2. The Bertz CT molecular complexity index is 520. The quantitative estimate of drug-likeness (QED) is 0.757. The molecule has 1 aromatic rings. The Labute approximate surface area is 124 Å². The number of nitrogens with zero attached hydrogens (tertiary/aromatic N) is 2. The molecule has 0 saturated heterocycles. The molecule has 0 saturated carbocycles. The Morgan fingerprint density at radius 1 is 1.61 bits per heavy atom. The SMILES string of the molecule is CC(C)(C)OC(=O)Nc1ncc(C#N)c(Cl)c1I. The fraction of sp³-hybridized carbons (Fsp3) is 0.364. The van der Waals surface area contributed by atoms with E-state index in [1.807, 2.05) is 28.7 Å². The zero-order valence-electron chi connectivity index (χ0n) is 10.0. The molecule has 0 bridgehead atoms. The summed E-state index contributed by atoms with van der Waals surface area (Å²) in [7, 11) is 0. The minimum atomic E-state index is -0.617. The van der Waals surface area contributed by atoms with Crippen molar-refractivity contribution in [1.29, 1.82) is 5.26 Å². The Balaban J connectivity index is 2.91. The lowest BCUT2D eigenvalue weighted by Crippen LogP contribution is -2.27. The third-order valence-corrected chi connectivity index (χ3v) is 3.46. The smallest absolute Gasteiger partial charge is 0.413 e. The highest BCUT2D eigenvalue weighted by atomic mass is 127. The molecule has 5 nitrogen and oxygen atoms in total. The summed E-state index contributed by atoms with van der Waals surface area (Å²) in [6.45, 7) is 5.28. The van der Waals surface area contributed by atoms with Gasteiger partial charge in [0.25, 0.3) is 0 Å². The van der Waals surface area contributed by atoms with E-state index in [0.29, 0.717) is 3.57 Å².